The maximum absolute atomic E-state index is 13.1. The molecule has 8 nitrogen and oxygen atoms in total. The molecule has 0 bridgehead atoms. The molecule has 0 aliphatic carbocycles. The molecule has 27 heavy (non-hydrogen) atoms. The second-order valence-electron chi connectivity index (χ2n) is 5.26. The zero-order valence-corrected chi connectivity index (χ0v) is 15.1. The number of methoxy groups -OCH3 is 1. The molecule has 0 atom stereocenters. The summed E-state index contributed by atoms with van der Waals surface area (Å²) in [6, 6.07) is 2.32. The molecule has 0 fully saturated rings. The van der Waals surface area contributed by atoms with E-state index < -0.39 is 23.2 Å². The second-order valence-corrected chi connectivity index (χ2v) is 6.22. The Morgan fingerprint density at radius 3 is 2.89 bits per heavy atom. The van der Waals surface area contributed by atoms with Crippen molar-refractivity contribution in [3.05, 3.63) is 29.1 Å². The zero-order chi connectivity index (χ0) is 20.0. The number of nitrogens with zero attached hydrogens (tertiary/aromatic N) is 4. The number of aryl methyl sites for hydroxylation is 1. The zero-order valence-electron chi connectivity index (χ0n) is 14.3. The van der Waals surface area contributed by atoms with Crippen LogP contribution in [0.5, 0.6) is 0 Å². The molecule has 1 N–H and O–H groups in total. The number of thioether (sulfide) groups is 1. The lowest BCUT2D eigenvalue weighted by atomic mass is 10.1. The lowest BCUT2D eigenvalue weighted by molar-refractivity contribution is -0.763. The highest BCUT2D eigenvalue weighted by atomic mass is 32.2. The van der Waals surface area contributed by atoms with Gasteiger partial charge in [-0.05, 0) is 17.7 Å². The monoisotopic (exact) mass is 402 g/mol. The molecule has 0 saturated heterocycles. The number of nitriles is 1. The summed E-state index contributed by atoms with van der Waals surface area (Å²) in [6.45, 7) is 2.20. The first-order chi connectivity index (χ1) is 12.7. The molecule has 1 amide bonds. The van der Waals surface area contributed by atoms with Crippen molar-refractivity contribution in [1.82, 2.24) is 10.3 Å². The first kappa shape index (κ1) is 20.7. The number of alkyl halides is 3. The van der Waals surface area contributed by atoms with Crippen LogP contribution >= 0.6 is 11.8 Å². The number of carbonyl (C=O) groups excluding carboxylic acids is 1. The summed E-state index contributed by atoms with van der Waals surface area (Å²) >= 11 is 0.730. The van der Waals surface area contributed by atoms with E-state index in [4.69, 9.17) is 14.5 Å². The highest BCUT2D eigenvalue weighted by Crippen LogP contribution is 2.35. The van der Waals surface area contributed by atoms with Gasteiger partial charge >= 0.3 is 12.1 Å². The van der Waals surface area contributed by atoms with Crippen LogP contribution in [0.1, 0.15) is 16.8 Å². The van der Waals surface area contributed by atoms with Crippen molar-refractivity contribution in [3.8, 4) is 6.07 Å². The average Bonchev–Trinajstić information content (AvgIpc) is 3.04. The van der Waals surface area contributed by atoms with Crippen molar-refractivity contribution in [2.75, 3.05) is 24.8 Å². The minimum Gasteiger partial charge on any atom is -0.378 e. The third-order valence-corrected chi connectivity index (χ3v) is 4.14. The standard InChI is InChI=1S/C15H14F3N5O3S/c1-9-5-11(15(16,17)18)10(6-19)14(20-9)27-8-12(24)21-13-7-23(22-26-13)3-4-25-2/h5,7H,3-4,8H2,1-2H3/p+1. The van der Waals surface area contributed by atoms with Gasteiger partial charge in [0.1, 0.15) is 17.7 Å². The predicted octanol–water partition coefficient (Wildman–Crippen LogP) is 1.93. The smallest absolute Gasteiger partial charge is 0.378 e. The first-order valence-corrected chi connectivity index (χ1v) is 8.50. The number of aromatic nitrogens is 3. The van der Waals surface area contributed by atoms with E-state index in [1.165, 1.54) is 31.0 Å². The van der Waals surface area contributed by atoms with E-state index in [2.05, 4.69) is 15.6 Å². The molecule has 12 heteroatoms. The van der Waals surface area contributed by atoms with Gasteiger partial charge < -0.3 is 4.74 Å². The highest BCUT2D eigenvalue weighted by molar-refractivity contribution is 8.00. The Morgan fingerprint density at radius 1 is 1.52 bits per heavy atom. The normalized spacial score (nSPS) is 11.3. The number of carbonyl (C=O) groups is 1. The Labute approximate surface area is 156 Å². The van der Waals surface area contributed by atoms with E-state index in [1.54, 1.807) is 0 Å². The molecule has 2 heterocycles. The van der Waals surface area contributed by atoms with Crippen LogP contribution < -0.4 is 10.00 Å². The Bertz CT molecular complexity index is 863. The molecule has 0 aromatic carbocycles. The molecule has 0 aliphatic heterocycles. The average molecular weight is 402 g/mol. The van der Waals surface area contributed by atoms with Crippen LogP contribution in [0, 0.1) is 18.3 Å². The first-order valence-electron chi connectivity index (χ1n) is 7.51. The summed E-state index contributed by atoms with van der Waals surface area (Å²) in [5.74, 6) is -0.734. The van der Waals surface area contributed by atoms with Crippen molar-refractivity contribution in [1.29, 1.82) is 5.26 Å². The molecule has 0 aliphatic rings. The van der Waals surface area contributed by atoms with E-state index in [9.17, 15) is 18.0 Å². The summed E-state index contributed by atoms with van der Waals surface area (Å²) < 4.78 is 50.4. The minimum atomic E-state index is -4.69. The van der Waals surface area contributed by atoms with Gasteiger partial charge in [-0.3, -0.25) is 14.6 Å². The fourth-order valence-corrected chi connectivity index (χ4v) is 2.86. The Kier molecular flexibility index (Phi) is 6.75. The number of rotatable bonds is 7. The fourth-order valence-electron chi connectivity index (χ4n) is 2.01. The number of amides is 1. The van der Waals surface area contributed by atoms with Crippen LogP contribution in [0.25, 0.3) is 0 Å². The van der Waals surface area contributed by atoms with Crippen LogP contribution in [0.3, 0.4) is 0 Å². The number of hydrogen-bond acceptors (Lipinski definition) is 7. The molecule has 144 valence electrons. The van der Waals surface area contributed by atoms with Crippen molar-refractivity contribution < 1.29 is 31.9 Å². The summed E-state index contributed by atoms with van der Waals surface area (Å²) in [5, 5.41) is 15.0. The molecule has 0 spiro atoms. The van der Waals surface area contributed by atoms with Crippen molar-refractivity contribution in [2.45, 2.75) is 24.7 Å². The molecule has 0 radical (unpaired) electrons. The summed E-state index contributed by atoms with van der Waals surface area (Å²) in [4.78, 5) is 15.9. The van der Waals surface area contributed by atoms with E-state index in [0.29, 0.717) is 13.2 Å². The third kappa shape index (κ3) is 5.66. The van der Waals surface area contributed by atoms with Gasteiger partial charge in [0.15, 0.2) is 0 Å². The predicted molar refractivity (Wildman–Crippen MR) is 86.6 cm³/mol. The van der Waals surface area contributed by atoms with Crippen molar-refractivity contribution in [2.24, 2.45) is 0 Å². The summed E-state index contributed by atoms with van der Waals surface area (Å²) in [6.07, 6.45) is -3.25. The lowest BCUT2D eigenvalue weighted by Crippen LogP contribution is -2.36. The molecule has 0 saturated carbocycles. The number of nitrogens with one attached hydrogen (secondary N) is 1. The molecular weight excluding hydrogens is 387 g/mol. The Hall–Kier alpha value is -2.65. The van der Waals surface area contributed by atoms with Crippen molar-refractivity contribution in [3.63, 3.8) is 0 Å². The summed E-state index contributed by atoms with van der Waals surface area (Å²) in [5.41, 5.74) is -1.59. The van der Waals surface area contributed by atoms with E-state index in [-0.39, 0.29) is 22.4 Å². The number of anilines is 1. The maximum atomic E-state index is 13.1. The molecule has 0 unspecified atom stereocenters. The molecule has 2 rings (SSSR count). The van der Waals surface area contributed by atoms with E-state index >= 15 is 0 Å². The number of hydrogen-bond donors (Lipinski definition) is 1. The van der Waals surface area contributed by atoms with Crippen LogP contribution in [0.4, 0.5) is 19.1 Å². The van der Waals surface area contributed by atoms with Crippen LogP contribution in [-0.4, -0.2) is 35.6 Å². The fraction of sp³-hybridized carbons (Fsp3) is 0.400. The number of pyridine rings is 1. The summed E-state index contributed by atoms with van der Waals surface area (Å²) in [7, 11) is 1.53. The van der Waals surface area contributed by atoms with Gasteiger partial charge in [-0.15, -0.1) is 0 Å². The number of halogens is 3. The molecule has 2 aromatic rings. The van der Waals surface area contributed by atoms with Gasteiger partial charge in [-0.2, -0.15) is 18.4 Å². The molecular formula is C15H15F3N5O3S+. The van der Waals surface area contributed by atoms with Gasteiger partial charge in [-0.25, -0.2) is 4.98 Å². The largest absolute Gasteiger partial charge is 0.417 e. The van der Waals surface area contributed by atoms with Crippen LogP contribution in [0.2, 0.25) is 0 Å². The van der Waals surface area contributed by atoms with Crippen LogP contribution in [-0.2, 0) is 22.3 Å². The van der Waals surface area contributed by atoms with Gasteiger partial charge in [0, 0.05) is 12.8 Å². The minimum absolute atomic E-state index is 0.0744. The van der Waals surface area contributed by atoms with E-state index in [1.807, 2.05) is 0 Å². The lowest BCUT2D eigenvalue weighted by Gasteiger charge is -2.12. The molecule has 2 aromatic heterocycles. The highest BCUT2D eigenvalue weighted by Gasteiger charge is 2.35. The van der Waals surface area contributed by atoms with Crippen LogP contribution in [0.15, 0.2) is 21.8 Å². The van der Waals surface area contributed by atoms with Gasteiger partial charge in [0.25, 0.3) is 6.20 Å². The van der Waals surface area contributed by atoms with Gasteiger partial charge in [-0.1, -0.05) is 11.8 Å². The Morgan fingerprint density at radius 2 is 2.26 bits per heavy atom. The van der Waals surface area contributed by atoms with Gasteiger partial charge in [0.2, 0.25) is 17.7 Å². The SMILES string of the molecule is COCC[n+]1cc(NC(=O)CSc2nc(C)cc(C(F)(F)F)c2C#N)on1. The third-order valence-electron chi connectivity index (χ3n) is 3.17. The van der Waals surface area contributed by atoms with Crippen molar-refractivity contribution >= 4 is 23.6 Å². The number of ether oxygens (including phenoxy) is 1. The Balaban J connectivity index is 2.06. The quantitative estimate of drug-likeness (QED) is 0.557. The maximum Gasteiger partial charge on any atom is 0.417 e. The van der Waals surface area contributed by atoms with E-state index in [0.717, 1.165) is 17.8 Å². The topological polar surface area (TPSA) is 105 Å². The second kappa shape index (κ2) is 8.83. The van der Waals surface area contributed by atoms with Gasteiger partial charge in [0.05, 0.1) is 16.9 Å².